The van der Waals surface area contributed by atoms with E-state index in [0.717, 1.165) is 51.8 Å². The Bertz CT molecular complexity index is 916. The number of likely N-dealkylation sites (tertiary alicyclic amines) is 1. The molecule has 0 saturated carbocycles. The highest BCUT2D eigenvalue weighted by molar-refractivity contribution is 5.91. The monoisotopic (exact) mass is 454 g/mol. The molecule has 176 valence electrons. The fourth-order valence-corrected chi connectivity index (χ4v) is 4.78. The lowest BCUT2D eigenvalue weighted by Crippen LogP contribution is -2.48. The summed E-state index contributed by atoms with van der Waals surface area (Å²) in [5.41, 5.74) is 1.76. The maximum atomic E-state index is 13.3. The van der Waals surface area contributed by atoms with Gasteiger partial charge in [0.25, 0.3) is 0 Å². The Balaban J connectivity index is 1.12. The van der Waals surface area contributed by atoms with E-state index in [1.165, 1.54) is 42.7 Å². The van der Waals surface area contributed by atoms with Crippen molar-refractivity contribution in [3.63, 3.8) is 0 Å². The van der Waals surface area contributed by atoms with E-state index in [2.05, 4.69) is 26.9 Å². The summed E-state index contributed by atoms with van der Waals surface area (Å²) < 4.78 is 26.6. The number of aromatic nitrogens is 1. The minimum absolute atomic E-state index is 0.114. The van der Waals surface area contributed by atoms with Gasteiger partial charge in [0.1, 0.15) is 11.6 Å². The summed E-state index contributed by atoms with van der Waals surface area (Å²) in [6.07, 6.45) is 10.2. The van der Waals surface area contributed by atoms with E-state index in [-0.39, 0.29) is 5.91 Å². The first kappa shape index (κ1) is 23.5. The van der Waals surface area contributed by atoms with Crippen molar-refractivity contribution >= 4 is 12.0 Å². The van der Waals surface area contributed by atoms with Crippen LogP contribution in [0.25, 0.3) is 6.08 Å². The molecule has 0 N–H and O–H groups in total. The predicted molar refractivity (Wildman–Crippen MR) is 126 cm³/mol. The number of carbonyl (C=O) groups excluding carboxylic acids is 1. The minimum atomic E-state index is -0.645. The zero-order chi connectivity index (χ0) is 23.0. The van der Waals surface area contributed by atoms with E-state index in [1.54, 1.807) is 4.90 Å². The van der Waals surface area contributed by atoms with Crippen LogP contribution >= 0.6 is 0 Å². The van der Waals surface area contributed by atoms with Crippen LogP contribution in [0.1, 0.15) is 36.3 Å². The number of rotatable bonds is 7. The van der Waals surface area contributed by atoms with Gasteiger partial charge in [0, 0.05) is 50.7 Å². The van der Waals surface area contributed by atoms with E-state index >= 15 is 0 Å². The van der Waals surface area contributed by atoms with Crippen LogP contribution in [0.3, 0.4) is 0 Å². The van der Waals surface area contributed by atoms with Gasteiger partial charge in [-0.3, -0.25) is 14.7 Å². The van der Waals surface area contributed by atoms with Gasteiger partial charge in [0.2, 0.25) is 5.91 Å². The van der Waals surface area contributed by atoms with Gasteiger partial charge in [0.15, 0.2) is 0 Å². The van der Waals surface area contributed by atoms with Crippen molar-refractivity contribution in [3.8, 4) is 0 Å². The first-order valence-electron chi connectivity index (χ1n) is 11.8. The van der Waals surface area contributed by atoms with Crippen LogP contribution in [0.2, 0.25) is 0 Å². The van der Waals surface area contributed by atoms with Crippen LogP contribution in [0.4, 0.5) is 8.78 Å². The quantitative estimate of drug-likeness (QED) is 0.597. The molecule has 0 aliphatic carbocycles. The third kappa shape index (κ3) is 6.92. The summed E-state index contributed by atoms with van der Waals surface area (Å²) in [6.45, 7) is 7.54. The molecule has 0 atom stereocenters. The van der Waals surface area contributed by atoms with Crippen molar-refractivity contribution in [2.75, 3.05) is 52.4 Å². The zero-order valence-corrected chi connectivity index (χ0v) is 19.0. The molecule has 3 heterocycles. The van der Waals surface area contributed by atoms with Crippen LogP contribution < -0.4 is 0 Å². The first-order valence-corrected chi connectivity index (χ1v) is 11.8. The van der Waals surface area contributed by atoms with Crippen molar-refractivity contribution in [1.82, 2.24) is 19.7 Å². The summed E-state index contributed by atoms with van der Waals surface area (Å²) >= 11 is 0. The Morgan fingerprint density at radius 3 is 2.15 bits per heavy atom. The summed E-state index contributed by atoms with van der Waals surface area (Å²) in [5, 5.41) is 0. The number of hydrogen-bond donors (Lipinski definition) is 0. The van der Waals surface area contributed by atoms with Gasteiger partial charge in [-0.25, -0.2) is 8.78 Å². The average Bonchev–Trinajstić information content (AvgIpc) is 2.83. The van der Waals surface area contributed by atoms with Crippen molar-refractivity contribution in [2.24, 2.45) is 0 Å². The molecule has 7 heteroatoms. The van der Waals surface area contributed by atoms with Crippen LogP contribution in [0, 0.1) is 11.6 Å². The van der Waals surface area contributed by atoms with Crippen molar-refractivity contribution in [1.29, 1.82) is 0 Å². The van der Waals surface area contributed by atoms with E-state index < -0.39 is 11.6 Å². The van der Waals surface area contributed by atoms with E-state index in [4.69, 9.17) is 0 Å². The molecule has 4 rings (SSSR count). The van der Waals surface area contributed by atoms with Crippen molar-refractivity contribution in [2.45, 2.75) is 25.2 Å². The lowest BCUT2D eigenvalue weighted by atomic mass is 9.90. The number of halogens is 2. The molecule has 0 bridgehead atoms. The fraction of sp³-hybridized carbons (Fsp3) is 0.462. The van der Waals surface area contributed by atoms with Crippen molar-refractivity contribution < 1.29 is 13.6 Å². The number of piperazine rings is 1. The SMILES string of the molecule is O=C(/C=C/c1cc(F)cc(F)c1)N1CCN(CCCN2CCC(c3ccncc3)CC2)CC1. The molecule has 33 heavy (non-hydrogen) atoms. The van der Waals surface area contributed by atoms with E-state index in [9.17, 15) is 13.6 Å². The fourth-order valence-electron chi connectivity index (χ4n) is 4.78. The number of benzene rings is 1. The molecule has 0 radical (unpaired) electrons. The molecule has 2 fully saturated rings. The smallest absolute Gasteiger partial charge is 0.246 e. The lowest BCUT2D eigenvalue weighted by molar-refractivity contribution is -0.127. The average molecular weight is 455 g/mol. The second-order valence-corrected chi connectivity index (χ2v) is 8.95. The molecule has 2 aromatic rings. The predicted octanol–water partition coefficient (Wildman–Crippen LogP) is 3.79. The van der Waals surface area contributed by atoms with Gasteiger partial charge in [-0.15, -0.1) is 0 Å². The summed E-state index contributed by atoms with van der Waals surface area (Å²) in [5.74, 6) is -0.747. The Morgan fingerprint density at radius 1 is 0.909 bits per heavy atom. The highest BCUT2D eigenvalue weighted by Crippen LogP contribution is 2.27. The normalized spacial score (nSPS) is 18.8. The molecule has 1 amide bonds. The Hall–Kier alpha value is -2.64. The standard InChI is InChI=1S/C26H32F2N4O/c27-24-18-21(19-25(28)20-24)2-3-26(33)32-16-14-31(15-17-32)11-1-10-30-12-6-23(7-13-30)22-4-8-29-9-5-22/h2-5,8-9,18-20,23H,1,6-7,10-17H2/b3-2+. The number of pyridine rings is 1. The maximum absolute atomic E-state index is 13.3. The highest BCUT2D eigenvalue weighted by Gasteiger charge is 2.22. The molecule has 2 aliphatic heterocycles. The van der Waals surface area contributed by atoms with Gasteiger partial charge in [-0.2, -0.15) is 0 Å². The second kappa shape index (κ2) is 11.5. The van der Waals surface area contributed by atoms with Crippen LogP contribution in [-0.2, 0) is 4.79 Å². The van der Waals surface area contributed by atoms with Crippen LogP contribution in [0.5, 0.6) is 0 Å². The van der Waals surface area contributed by atoms with E-state index in [0.29, 0.717) is 24.6 Å². The minimum Gasteiger partial charge on any atom is -0.337 e. The van der Waals surface area contributed by atoms with E-state index in [1.807, 2.05) is 12.4 Å². The highest BCUT2D eigenvalue weighted by atomic mass is 19.1. The molecule has 0 spiro atoms. The second-order valence-electron chi connectivity index (χ2n) is 8.95. The maximum Gasteiger partial charge on any atom is 0.246 e. The van der Waals surface area contributed by atoms with Gasteiger partial charge in [0.05, 0.1) is 0 Å². The van der Waals surface area contributed by atoms with Crippen LogP contribution in [-0.4, -0.2) is 77.9 Å². The topological polar surface area (TPSA) is 39.7 Å². The third-order valence-electron chi connectivity index (χ3n) is 6.70. The van der Waals surface area contributed by atoms with Gasteiger partial charge < -0.3 is 9.80 Å². The Labute approximate surface area is 194 Å². The van der Waals surface area contributed by atoms with Gasteiger partial charge in [-0.05, 0) is 92.8 Å². The largest absolute Gasteiger partial charge is 0.337 e. The van der Waals surface area contributed by atoms with Gasteiger partial charge in [-0.1, -0.05) is 0 Å². The molecule has 5 nitrogen and oxygen atoms in total. The lowest BCUT2D eigenvalue weighted by Gasteiger charge is -2.35. The molecular weight excluding hydrogens is 422 g/mol. The third-order valence-corrected chi connectivity index (χ3v) is 6.70. The molecule has 1 aromatic carbocycles. The summed E-state index contributed by atoms with van der Waals surface area (Å²) in [4.78, 5) is 23.3. The number of nitrogens with zero attached hydrogens (tertiary/aromatic N) is 4. The molecule has 0 unspecified atom stereocenters. The number of amides is 1. The van der Waals surface area contributed by atoms with Crippen molar-refractivity contribution in [3.05, 3.63) is 71.6 Å². The summed E-state index contributed by atoms with van der Waals surface area (Å²) in [7, 11) is 0. The Kier molecular flexibility index (Phi) is 8.18. The Morgan fingerprint density at radius 2 is 1.52 bits per heavy atom. The number of carbonyl (C=O) groups is 1. The molecular formula is C26H32F2N4O. The summed E-state index contributed by atoms with van der Waals surface area (Å²) in [6, 6.07) is 7.53. The molecule has 1 aromatic heterocycles. The number of hydrogen-bond acceptors (Lipinski definition) is 4. The van der Waals surface area contributed by atoms with Crippen LogP contribution in [0.15, 0.2) is 48.8 Å². The molecule has 2 saturated heterocycles. The first-order chi connectivity index (χ1) is 16.1. The zero-order valence-electron chi connectivity index (χ0n) is 19.0. The number of piperidine rings is 1. The van der Waals surface area contributed by atoms with Gasteiger partial charge >= 0.3 is 0 Å². The molecule has 2 aliphatic rings.